The van der Waals surface area contributed by atoms with Crippen molar-refractivity contribution in [3.05, 3.63) is 42.1 Å². The molecule has 5 nitrogen and oxygen atoms in total. The highest BCUT2D eigenvalue weighted by atomic mass is 15.3. The molecule has 100 valence electrons. The van der Waals surface area contributed by atoms with Crippen LogP contribution in [0.1, 0.15) is 5.69 Å². The number of rotatable bonds is 2. The Hall–Kier alpha value is -2.45. The number of hydrogen-bond donors (Lipinski definition) is 1. The van der Waals surface area contributed by atoms with Gasteiger partial charge in [-0.3, -0.25) is 0 Å². The maximum atomic E-state index is 9.17. The maximum absolute atomic E-state index is 9.17. The summed E-state index contributed by atoms with van der Waals surface area (Å²) in [6.45, 7) is 3.92. The molecule has 1 aliphatic rings. The predicted molar refractivity (Wildman–Crippen MR) is 76.1 cm³/mol. The number of nitrogens with zero attached hydrogens (tertiary/aromatic N) is 4. The topological polar surface area (TPSA) is 69.4 Å². The van der Waals surface area contributed by atoms with Crippen LogP contribution in [-0.2, 0) is 0 Å². The molecule has 20 heavy (non-hydrogen) atoms. The molecular formula is C15H16N5+. The summed E-state index contributed by atoms with van der Waals surface area (Å²) in [5.41, 5.74) is 2.24. The van der Waals surface area contributed by atoms with Gasteiger partial charge in [-0.1, -0.05) is 30.3 Å². The number of nitriles is 1. The average molecular weight is 266 g/mol. The summed E-state index contributed by atoms with van der Waals surface area (Å²) in [6.07, 6.45) is 0. The van der Waals surface area contributed by atoms with Gasteiger partial charge in [0.1, 0.15) is 11.8 Å². The van der Waals surface area contributed by atoms with E-state index in [1.807, 2.05) is 30.3 Å². The van der Waals surface area contributed by atoms with E-state index >= 15 is 0 Å². The zero-order chi connectivity index (χ0) is 13.8. The van der Waals surface area contributed by atoms with E-state index in [-0.39, 0.29) is 0 Å². The van der Waals surface area contributed by atoms with Gasteiger partial charge in [0.25, 0.3) is 0 Å². The van der Waals surface area contributed by atoms with E-state index < -0.39 is 0 Å². The van der Waals surface area contributed by atoms with Crippen molar-refractivity contribution < 1.29 is 5.32 Å². The largest absolute Gasteiger partial charge is 0.343 e. The van der Waals surface area contributed by atoms with Crippen LogP contribution >= 0.6 is 0 Å². The summed E-state index contributed by atoms with van der Waals surface area (Å²) in [4.78, 5) is 11.1. The lowest BCUT2D eigenvalue weighted by atomic mass is 10.1. The average Bonchev–Trinajstić information content (AvgIpc) is 2.56. The van der Waals surface area contributed by atoms with Crippen LogP contribution in [0.4, 0.5) is 5.95 Å². The third kappa shape index (κ3) is 2.60. The van der Waals surface area contributed by atoms with E-state index in [9.17, 15) is 0 Å². The molecular weight excluding hydrogens is 250 g/mol. The fourth-order valence-corrected chi connectivity index (χ4v) is 2.34. The molecule has 0 radical (unpaired) electrons. The standard InChI is InChI=1S/C15H15N5/c16-11-13-10-14(12-4-2-1-3-5-12)19-15(18-13)20-8-6-17-7-9-20/h1-5,10,17H,6-9H2/p+1. The first-order valence-corrected chi connectivity index (χ1v) is 6.78. The van der Waals surface area contributed by atoms with E-state index in [0.717, 1.165) is 37.4 Å². The van der Waals surface area contributed by atoms with Crippen molar-refractivity contribution >= 4 is 5.95 Å². The van der Waals surface area contributed by atoms with Crippen LogP contribution in [0.2, 0.25) is 0 Å². The monoisotopic (exact) mass is 266 g/mol. The third-order valence-electron chi connectivity index (χ3n) is 3.39. The van der Waals surface area contributed by atoms with E-state index in [0.29, 0.717) is 11.6 Å². The van der Waals surface area contributed by atoms with Gasteiger partial charge in [-0.2, -0.15) is 5.26 Å². The zero-order valence-corrected chi connectivity index (χ0v) is 11.2. The van der Waals surface area contributed by atoms with Gasteiger partial charge in [0.05, 0.1) is 31.9 Å². The van der Waals surface area contributed by atoms with Crippen LogP contribution in [0.15, 0.2) is 36.4 Å². The number of hydrogen-bond acceptors (Lipinski definition) is 4. The minimum absolute atomic E-state index is 0.420. The Bertz CT molecular complexity index is 626. The van der Waals surface area contributed by atoms with Crippen molar-refractivity contribution in [1.29, 1.82) is 5.26 Å². The van der Waals surface area contributed by atoms with Gasteiger partial charge in [-0.05, 0) is 0 Å². The summed E-state index contributed by atoms with van der Waals surface area (Å²) < 4.78 is 0. The fourth-order valence-electron chi connectivity index (χ4n) is 2.34. The highest BCUT2D eigenvalue weighted by Crippen LogP contribution is 2.20. The van der Waals surface area contributed by atoms with Gasteiger partial charge < -0.3 is 10.2 Å². The molecule has 0 saturated carbocycles. The predicted octanol–water partition coefficient (Wildman–Crippen LogP) is 0.399. The van der Waals surface area contributed by atoms with Crippen LogP contribution in [0.5, 0.6) is 0 Å². The number of aromatic nitrogens is 2. The van der Waals surface area contributed by atoms with Crippen LogP contribution < -0.4 is 10.2 Å². The maximum Gasteiger partial charge on any atom is 0.227 e. The molecule has 2 N–H and O–H groups in total. The van der Waals surface area contributed by atoms with Gasteiger partial charge >= 0.3 is 0 Å². The van der Waals surface area contributed by atoms with Crippen LogP contribution in [0, 0.1) is 11.3 Å². The van der Waals surface area contributed by atoms with E-state index in [1.54, 1.807) is 6.07 Å². The second-order valence-electron chi connectivity index (χ2n) is 4.77. The molecule has 0 unspecified atom stereocenters. The lowest BCUT2D eigenvalue weighted by molar-refractivity contribution is -0.655. The number of anilines is 1. The number of nitrogens with two attached hydrogens (primary N) is 1. The number of benzene rings is 1. The quantitative estimate of drug-likeness (QED) is 0.854. The summed E-state index contributed by atoms with van der Waals surface area (Å²) in [6, 6.07) is 13.8. The summed E-state index contributed by atoms with van der Waals surface area (Å²) >= 11 is 0. The molecule has 0 bridgehead atoms. The van der Waals surface area contributed by atoms with Crippen LogP contribution in [-0.4, -0.2) is 36.1 Å². The zero-order valence-electron chi connectivity index (χ0n) is 11.2. The van der Waals surface area contributed by atoms with Crippen molar-refractivity contribution in [2.45, 2.75) is 0 Å². The molecule has 1 aliphatic heterocycles. The molecule has 1 fully saturated rings. The molecule has 0 aliphatic carbocycles. The molecule has 1 saturated heterocycles. The molecule has 1 aromatic carbocycles. The molecule has 0 amide bonds. The summed E-state index contributed by atoms with van der Waals surface area (Å²) in [5, 5.41) is 11.4. The Labute approximate surface area is 117 Å². The number of quaternary nitrogens is 1. The van der Waals surface area contributed by atoms with Gasteiger partial charge in [-0.25, -0.2) is 9.97 Å². The van der Waals surface area contributed by atoms with Crippen molar-refractivity contribution in [3.63, 3.8) is 0 Å². The minimum atomic E-state index is 0.420. The lowest BCUT2D eigenvalue weighted by Gasteiger charge is -2.25. The minimum Gasteiger partial charge on any atom is -0.343 e. The first-order chi connectivity index (χ1) is 9.86. The highest BCUT2D eigenvalue weighted by molar-refractivity contribution is 5.61. The molecule has 2 aromatic rings. The smallest absolute Gasteiger partial charge is 0.227 e. The van der Waals surface area contributed by atoms with E-state index in [2.05, 4.69) is 26.3 Å². The third-order valence-corrected chi connectivity index (χ3v) is 3.39. The Kier molecular flexibility index (Phi) is 3.57. The molecule has 0 spiro atoms. The molecule has 2 heterocycles. The second kappa shape index (κ2) is 5.68. The first-order valence-electron chi connectivity index (χ1n) is 6.78. The Morgan fingerprint density at radius 2 is 1.85 bits per heavy atom. The van der Waals surface area contributed by atoms with Gasteiger partial charge in [0.2, 0.25) is 5.95 Å². The highest BCUT2D eigenvalue weighted by Gasteiger charge is 2.17. The molecule has 1 aromatic heterocycles. The van der Waals surface area contributed by atoms with Crippen molar-refractivity contribution in [1.82, 2.24) is 9.97 Å². The van der Waals surface area contributed by atoms with Crippen molar-refractivity contribution in [2.75, 3.05) is 31.1 Å². The van der Waals surface area contributed by atoms with Gasteiger partial charge in [0.15, 0.2) is 0 Å². The van der Waals surface area contributed by atoms with Crippen LogP contribution in [0.3, 0.4) is 0 Å². The SMILES string of the molecule is N#Cc1cc(-c2ccccc2)nc(N2CC[NH2+]CC2)n1. The second-order valence-corrected chi connectivity index (χ2v) is 4.77. The Morgan fingerprint density at radius 3 is 2.55 bits per heavy atom. The first kappa shape index (κ1) is 12.6. The lowest BCUT2D eigenvalue weighted by Crippen LogP contribution is -2.89. The van der Waals surface area contributed by atoms with E-state index in [1.165, 1.54) is 0 Å². The van der Waals surface area contributed by atoms with E-state index in [4.69, 9.17) is 5.26 Å². The normalized spacial score (nSPS) is 14.8. The fraction of sp³-hybridized carbons (Fsp3) is 0.267. The Morgan fingerprint density at radius 1 is 1.10 bits per heavy atom. The summed E-state index contributed by atoms with van der Waals surface area (Å²) in [5.74, 6) is 0.663. The van der Waals surface area contributed by atoms with Gasteiger partial charge in [-0.15, -0.1) is 0 Å². The molecule has 5 heteroatoms. The van der Waals surface area contributed by atoms with Gasteiger partial charge in [0, 0.05) is 11.6 Å². The van der Waals surface area contributed by atoms with Crippen molar-refractivity contribution in [2.24, 2.45) is 0 Å². The number of piperazine rings is 1. The van der Waals surface area contributed by atoms with Crippen molar-refractivity contribution in [3.8, 4) is 17.3 Å². The molecule has 3 rings (SSSR count). The van der Waals surface area contributed by atoms with Crippen LogP contribution in [0.25, 0.3) is 11.3 Å². The Balaban J connectivity index is 2.01. The molecule has 0 atom stereocenters. The summed E-state index contributed by atoms with van der Waals surface area (Å²) in [7, 11) is 0.